The van der Waals surface area contributed by atoms with Crippen molar-refractivity contribution in [3.63, 3.8) is 0 Å². The van der Waals surface area contributed by atoms with Crippen LogP contribution in [0.3, 0.4) is 0 Å². The lowest BCUT2D eigenvalue weighted by atomic mass is 9.91. The number of carbonyl (C=O) groups excluding carboxylic acids is 1. The number of nitrogens with zero attached hydrogens (tertiary/aromatic N) is 1. The van der Waals surface area contributed by atoms with Gasteiger partial charge in [-0.25, -0.2) is 8.78 Å². The molecule has 1 aromatic rings. The van der Waals surface area contributed by atoms with Crippen molar-refractivity contribution >= 4 is 11.7 Å². The van der Waals surface area contributed by atoms with Gasteiger partial charge in [0.15, 0.2) is 17.5 Å². The molecular weight excluding hydrogens is 280 g/mol. The monoisotopic (exact) mass is 299 g/mol. The first-order valence-corrected chi connectivity index (χ1v) is 6.61. The van der Waals surface area contributed by atoms with Gasteiger partial charge < -0.3 is 16.3 Å². The second-order valence-electron chi connectivity index (χ2n) is 4.75. The molecule has 0 saturated carbocycles. The van der Waals surface area contributed by atoms with Gasteiger partial charge in [0.2, 0.25) is 5.91 Å². The van der Waals surface area contributed by atoms with Crippen LogP contribution in [-0.4, -0.2) is 22.5 Å². The molecule has 116 valence electrons. The largest absolute Gasteiger partial charge is 0.409 e. The minimum atomic E-state index is -1.01. The first kappa shape index (κ1) is 16.9. The molecular formula is C14H19F2N3O2. The maximum Gasteiger partial charge on any atom is 0.225 e. The Hall–Kier alpha value is -2.18. The summed E-state index contributed by atoms with van der Waals surface area (Å²) in [6.07, 6.45) is 0.740. The topological polar surface area (TPSA) is 87.7 Å². The molecule has 1 rings (SSSR count). The van der Waals surface area contributed by atoms with Gasteiger partial charge >= 0.3 is 0 Å². The SMILES string of the molecule is CCC(CC)(NC(=O)Cc1ccc(F)c(F)c1)/C(N)=N/O. The van der Waals surface area contributed by atoms with E-state index in [-0.39, 0.29) is 12.3 Å². The lowest BCUT2D eigenvalue weighted by Gasteiger charge is -2.31. The smallest absolute Gasteiger partial charge is 0.225 e. The number of nitrogens with one attached hydrogen (secondary N) is 1. The van der Waals surface area contributed by atoms with Crippen molar-refractivity contribution in [3.05, 3.63) is 35.4 Å². The number of oxime groups is 1. The van der Waals surface area contributed by atoms with Crippen LogP contribution in [0.5, 0.6) is 0 Å². The van der Waals surface area contributed by atoms with Crippen LogP contribution in [0.2, 0.25) is 0 Å². The van der Waals surface area contributed by atoms with E-state index in [1.165, 1.54) is 6.07 Å². The summed E-state index contributed by atoms with van der Waals surface area (Å²) in [5.74, 6) is -2.48. The maximum absolute atomic E-state index is 13.1. The molecule has 0 bridgehead atoms. The number of rotatable bonds is 6. The first-order chi connectivity index (χ1) is 9.88. The average Bonchev–Trinajstić information content (AvgIpc) is 2.47. The summed E-state index contributed by atoms with van der Waals surface area (Å²) in [5.41, 5.74) is 5.02. The molecule has 0 atom stereocenters. The highest BCUT2D eigenvalue weighted by Gasteiger charge is 2.33. The number of hydrogen-bond acceptors (Lipinski definition) is 3. The summed E-state index contributed by atoms with van der Waals surface area (Å²) in [6.45, 7) is 3.58. The molecule has 0 aromatic heterocycles. The molecule has 0 saturated heterocycles. The Kier molecular flexibility index (Phi) is 5.63. The third-order valence-corrected chi connectivity index (χ3v) is 3.53. The zero-order chi connectivity index (χ0) is 16.0. The molecule has 21 heavy (non-hydrogen) atoms. The minimum Gasteiger partial charge on any atom is -0.409 e. The van der Waals surface area contributed by atoms with Crippen LogP contribution in [0.4, 0.5) is 8.78 Å². The summed E-state index contributed by atoms with van der Waals surface area (Å²) in [7, 11) is 0. The van der Waals surface area contributed by atoms with Gasteiger partial charge in [-0.15, -0.1) is 0 Å². The van der Waals surface area contributed by atoms with Crippen molar-refractivity contribution < 1.29 is 18.8 Å². The highest BCUT2D eigenvalue weighted by Crippen LogP contribution is 2.16. The first-order valence-electron chi connectivity index (χ1n) is 6.61. The fourth-order valence-corrected chi connectivity index (χ4v) is 2.09. The van der Waals surface area contributed by atoms with E-state index in [0.717, 1.165) is 12.1 Å². The second-order valence-corrected chi connectivity index (χ2v) is 4.75. The van der Waals surface area contributed by atoms with Gasteiger partial charge in [-0.2, -0.15) is 0 Å². The highest BCUT2D eigenvalue weighted by molar-refractivity contribution is 5.94. The van der Waals surface area contributed by atoms with Crippen molar-refractivity contribution in [1.82, 2.24) is 5.32 Å². The van der Waals surface area contributed by atoms with Crippen LogP contribution in [0.15, 0.2) is 23.4 Å². The molecule has 0 fully saturated rings. The molecule has 0 radical (unpaired) electrons. The maximum atomic E-state index is 13.1. The molecule has 0 aliphatic carbocycles. The van der Waals surface area contributed by atoms with Crippen LogP contribution >= 0.6 is 0 Å². The van der Waals surface area contributed by atoms with Gasteiger partial charge in [-0.3, -0.25) is 4.79 Å². The summed E-state index contributed by atoms with van der Waals surface area (Å²) < 4.78 is 25.9. The number of amidine groups is 1. The summed E-state index contributed by atoms with van der Waals surface area (Å²) in [4.78, 5) is 12.0. The predicted octanol–water partition coefficient (Wildman–Crippen LogP) is 1.93. The standard InChI is InChI=1S/C14H19F2N3O2/c1-3-14(4-2,13(17)19-21)18-12(20)8-9-5-6-10(15)11(16)7-9/h5-7,21H,3-4,8H2,1-2H3,(H2,17,19)(H,18,20). The van der Waals surface area contributed by atoms with Crippen LogP contribution in [0.1, 0.15) is 32.3 Å². The summed E-state index contributed by atoms with van der Waals surface area (Å²) in [5, 5.41) is 14.5. The van der Waals surface area contributed by atoms with Gasteiger partial charge in [0.1, 0.15) is 5.54 Å². The van der Waals surface area contributed by atoms with Crippen LogP contribution in [0.25, 0.3) is 0 Å². The third-order valence-electron chi connectivity index (χ3n) is 3.53. The Labute approximate surface area is 121 Å². The van der Waals surface area contributed by atoms with Crippen molar-refractivity contribution in [2.75, 3.05) is 0 Å². The molecule has 1 amide bonds. The van der Waals surface area contributed by atoms with Crippen LogP contribution in [0, 0.1) is 11.6 Å². The molecule has 0 aliphatic rings. The third kappa shape index (κ3) is 3.90. The number of halogens is 2. The molecule has 0 unspecified atom stereocenters. The Bertz CT molecular complexity index is 543. The Morgan fingerprint density at radius 3 is 2.43 bits per heavy atom. The quantitative estimate of drug-likeness (QED) is 0.324. The lowest BCUT2D eigenvalue weighted by molar-refractivity contribution is -0.121. The van der Waals surface area contributed by atoms with E-state index in [1.807, 2.05) is 0 Å². The fourth-order valence-electron chi connectivity index (χ4n) is 2.09. The molecule has 5 nitrogen and oxygen atoms in total. The van der Waals surface area contributed by atoms with Gasteiger partial charge in [0.25, 0.3) is 0 Å². The summed E-state index contributed by atoms with van der Waals surface area (Å²) in [6, 6.07) is 3.27. The van der Waals surface area contributed by atoms with Crippen molar-refractivity contribution in [2.45, 2.75) is 38.6 Å². The van der Waals surface area contributed by atoms with E-state index < -0.39 is 23.1 Å². The molecule has 4 N–H and O–H groups in total. The number of carbonyl (C=O) groups is 1. The van der Waals surface area contributed by atoms with Gasteiger partial charge in [0.05, 0.1) is 6.42 Å². The fraction of sp³-hybridized carbons (Fsp3) is 0.429. The number of amides is 1. The normalized spacial score (nSPS) is 12.3. The average molecular weight is 299 g/mol. The molecule has 0 aliphatic heterocycles. The van der Waals surface area contributed by atoms with E-state index in [2.05, 4.69) is 10.5 Å². The molecule has 0 spiro atoms. The Morgan fingerprint density at radius 2 is 1.95 bits per heavy atom. The lowest BCUT2D eigenvalue weighted by Crippen LogP contribution is -2.57. The number of hydrogen-bond donors (Lipinski definition) is 3. The minimum absolute atomic E-state index is 0.0915. The zero-order valence-electron chi connectivity index (χ0n) is 12.0. The predicted molar refractivity (Wildman–Crippen MR) is 74.9 cm³/mol. The van der Waals surface area contributed by atoms with Crippen LogP contribution in [-0.2, 0) is 11.2 Å². The van der Waals surface area contributed by atoms with Crippen molar-refractivity contribution in [2.24, 2.45) is 10.9 Å². The molecule has 0 heterocycles. The number of benzene rings is 1. The van der Waals surface area contributed by atoms with E-state index in [4.69, 9.17) is 10.9 Å². The summed E-state index contributed by atoms with van der Waals surface area (Å²) >= 11 is 0. The second kappa shape index (κ2) is 7.01. The highest BCUT2D eigenvalue weighted by atomic mass is 19.2. The molecule has 7 heteroatoms. The van der Waals surface area contributed by atoms with Crippen molar-refractivity contribution in [3.8, 4) is 0 Å². The van der Waals surface area contributed by atoms with E-state index in [1.54, 1.807) is 13.8 Å². The van der Waals surface area contributed by atoms with Gasteiger partial charge in [0, 0.05) is 0 Å². The van der Waals surface area contributed by atoms with Gasteiger partial charge in [-0.1, -0.05) is 25.1 Å². The van der Waals surface area contributed by atoms with E-state index >= 15 is 0 Å². The Balaban J connectivity index is 2.86. The number of nitrogens with two attached hydrogens (primary N) is 1. The van der Waals surface area contributed by atoms with Gasteiger partial charge in [-0.05, 0) is 30.5 Å². The van der Waals surface area contributed by atoms with Crippen LogP contribution < -0.4 is 11.1 Å². The van der Waals surface area contributed by atoms with E-state index in [0.29, 0.717) is 18.4 Å². The molecule has 1 aromatic carbocycles. The zero-order valence-corrected chi connectivity index (χ0v) is 12.0. The van der Waals surface area contributed by atoms with Crippen molar-refractivity contribution in [1.29, 1.82) is 0 Å². The Morgan fingerprint density at radius 1 is 1.33 bits per heavy atom. The van der Waals surface area contributed by atoms with E-state index in [9.17, 15) is 13.6 Å².